The van der Waals surface area contributed by atoms with Gasteiger partial charge in [-0.05, 0) is 56.2 Å². The van der Waals surface area contributed by atoms with E-state index in [-0.39, 0.29) is 17.8 Å². The Bertz CT molecular complexity index is 554. The summed E-state index contributed by atoms with van der Waals surface area (Å²) in [5.41, 5.74) is 6.37. The van der Waals surface area contributed by atoms with Crippen molar-refractivity contribution in [3.8, 4) is 0 Å². The molecule has 1 aromatic rings. The Labute approximate surface area is 131 Å². The minimum Gasteiger partial charge on any atom is -0.342 e. The molecule has 1 aromatic carbocycles. The molecule has 120 valence electrons. The number of nitrogens with two attached hydrogens (primary N) is 1. The van der Waals surface area contributed by atoms with E-state index in [2.05, 4.69) is 0 Å². The number of amides is 1. The van der Waals surface area contributed by atoms with E-state index in [1.54, 1.807) is 6.07 Å². The maximum Gasteiger partial charge on any atom is 0.233 e. The third-order valence-corrected chi connectivity index (χ3v) is 5.48. The second-order valence-electron chi connectivity index (χ2n) is 6.96. The lowest BCUT2D eigenvalue weighted by Gasteiger charge is -2.46. The first-order valence-electron chi connectivity index (χ1n) is 8.34. The van der Waals surface area contributed by atoms with Crippen LogP contribution in [0.3, 0.4) is 0 Å². The van der Waals surface area contributed by atoms with Gasteiger partial charge in [-0.2, -0.15) is 0 Å². The van der Waals surface area contributed by atoms with Crippen molar-refractivity contribution in [1.82, 2.24) is 4.90 Å². The zero-order valence-corrected chi connectivity index (χ0v) is 13.2. The summed E-state index contributed by atoms with van der Waals surface area (Å²) in [6.07, 6.45) is 4.79. The molecular formula is C18H25FN2O. The highest BCUT2D eigenvalue weighted by Crippen LogP contribution is 2.45. The summed E-state index contributed by atoms with van der Waals surface area (Å²) < 4.78 is 13.6. The van der Waals surface area contributed by atoms with Gasteiger partial charge in [0.15, 0.2) is 0 Å². The standard InChI is InChI=1S/C18H25FN2O/c1-13(20)14-5-3-10-21(12-14)17(22)18(8-4-9-18)15-6-2-7-16(19)11-15/h2,6-7,11,13-14H,3-5,8-10,12,20H2,1H3. The summed E-state index contributed by atoms with van der Waals surface area (Å²) in [5, 5.41) is 0. The molecule has 3 rings (SSSR count). The van der Waals surface area contributed by atoms with Crippen molar-refractivity contribution < 1.29 is 9.18 Å². The smallest absolute Gasteiger partial charge is 0.233 e. The predicted octanol–water partition coefficient (Wildman–Crippen LogP) is 2.83. The lowest BCUT2D eigenvalue weighted by atomic mass is 9.63. The molecule has 0 spiro atoms. The summed E-state index contributed by atoms with van der Waals surface area (Å²) >= 11 is 0. The van der Waals surface area contributed by atoms with Crippen LogP contribution in [0.2, 0.25) is 0 Å². The summed E-state index contributed by atoms with van der Waals surface area (Å²) in [6.45, 7) is 3.57. The van der Waals surface area contributed by atoms with Gasteiger partial charge in [-0.15, -0.1) is 0 Å². The van der Waals surface area contributed by atoms with Gasteiger partial charge in [-0.1, -0.05) is 18.6 Å². The van der Waals surface area contributed by atoms with E-state index in [0.717, 1.165) is 50.8 Å². The fraction of sp³-hybridized carbons (Fsp3) is 0.611. The average Bonchev–Trinajstić information content (AvgIpc) is 2.46. The third kappa shape index (κ3) is 2.65. The molecule has 1 aliphatic heterocycles. The number of hydrogen-bond acceptors (Lipinski definition) is 2. The topological polar surface area (TPSA) is 46.3 Å². The van der Waals surface area contributed by atoms with Crippen LogP contribution in [0.1, 0.15) is 44.6 Å². The Morgan fingerprint density at radius 2 is 2.18 bits per heavy atom. The fourth-order valence-electron chi connectivity index (χ4n) is 3.87. The van der Waals surface area contributed by atoms with E-state index in [1.807, 2.05) is 17.9 Å². The molecule has 2 unspecified atom stereocenters. The van der Waals surface area contributed by atoms with Gasteiger partial charge < -0.3 is 10.6 Å². The number of carbonyl (C=O) groups is 1. The van der Waals surface area contributed by atoms with Gasteiger partial charge in [0.1, 0.15) is 5.82 Å². The Balaban J connectivity index is 1.83. The predicted molar refractivity (Wildman–Crippen MR) is 84.9 cm³/mol. The molecule has 1 heterocycles. The second kappa shape index (κ2) is 5.99. The minimum absolute atomic E-state index is 0.113. The molecule has 0 aromatic heterocycles. The number of rotatable bonds is 3. The lowest BCUT2D eigenvalue weighted by molar-refractivity contribution is -0.143. The van der Waals surface area contributed by atoms with Crippen LogP contribution in [0.25, 0.3) is 0 Å². The SMILES string of the molecule is CC(N)C1CCCN(C(=O)C2(c3cccc(F)c3)CCC2)C1. The maximum atomic E-state index is 13.6. The number of carbonyl (C=O) groups excluding carboxylic acids is 1. The zero-order valence-electron chi connectivity index (χ0n) is 13.2. The van der Waals surface area contributed by atoms with E-state index in [9.17, 15) is 9.18 Å². The molecule has 2 atom stereocenters. The van der Waals surface area contributed by atoms with E-state index in [0.29, 0.717) is 5.92 Å². The number of likely N-dealkylation sites (tertiary alicyclic amines) is 1. The molecule has 4 heteroatoms. The molecule has 2 aliphatic rings. The number of piperidine rings is 1. The van der Waals surface area contributed by atoms with Crippen molar-refractivity contribution in [2.45, 2.75) is 50.5 Å². The minimum atomic E-state index is -0.498. The Morgan fingerprint density at radius 1 is 1.41 bits per heavy atom. The molecule has 2 fully saturated rings. The summed E-state index contributed by atoms with van der Waals surface area (Å²) in [5.74, 6) is 0.292. The molecule has 0 radical (unpaired) electrons. The molecule has 2 N–H and O–H groups in total. The van der Waals surface area contributed by atoms with Crippen LogP contribution in [0.5, 0.6) is 0 Å². The van der Waals surface area contributed by atoms with Crippen LogP contribution in [0.15, 0.2) is 24.3 Å². The van der Waals surface area contributed by atoms with Crippen molar-refractivity contribution in [3.05, 3.63) is 35.6 Å². The molecule has 1 saturated heterocycles. The molecule has 3 nitrogen and oxygen atoms in total. The quantitative estimate of drug-likeness (QED) is 0.933. The molecule has 22 heavy (non-hydrogen) atoms. The molecule has 1 saturated carbocycles. The molecule has 0 bridgehead atoms. The van der Waals surface area contributed by atoms with Crippen LogP contribution in [-0.2, 0) is 10.2 Å². The first-order valence-corrected chi connectivity index (χ1v) is 8.34. The third-order valence-electron chi connectivity index (χ3n) is 5.48. The van der Waals surface area contributed by atoms with Crippen molar-refractivity contribution in [1.29, 1.82) is 0 Å². The van der Waals surface area contributed by atoms with Gasteiger partial charge in [0.05, 0.1) is 5.41 Å². The lowest BCUT2D eigenvalue weighted by Crippen LogP contribution is -2.55. The summed E-state index contributed by atoms with van der Waals surface area (Å²) in [7, 11) is 0. The Kier molecular flexibility index (Phi) is 4.22. The first-order chi connectivity index (χ1) is 10.5. The van der Waals surface area contributed by atoms with Gasteiger partial charge in [0.25, 0.3) is 0 Å². The van der Waals surface area contributed by atoms with Crippen molar-refractivity contribution in [3.63, 3.8) is 0 Å². The maximum absolute atomic E-state index is 13.6. The number of nitrogens with zero attached hydrogens (tertiary/aromatic N) is 1. The highest BCUT2D eigenvalue weighted by Gasteiger charge is 2.48. The largest absolute Gasteiger partial charge is 0.342 e. The van der Waals surface area contributed by atoms with E-state index in [4.69, 9.17) is 5.73 Å². The first kappa shape index (κ1) is 15.5. The van der Waals surface area contributed by atoms with Crippen molar-refractivity contribution in [2.24, 2.45) is 11.7 Å². The number of benzene rings is 1. The van der Waals surface area contributed by atoms with E-state index >= 15 is 0 Å². The van der Waals surface area contributed by atoms with Crippen LogP contribution in [0.4, 0.5) is 4.39 Å². The highest BCUT2D eigenvalue weighted by atomic mass is 19.1. The monoisotopic (exact) mass is 304 g/mol. The van der Waals surface area contributed by atoms with Crippen molar-refractivity contribution >= 4 is 5.91 Å². The van der Waals surface area contributed by atoms with Crippen molar-refractivity contribution in [2.75, 3.05) is 13.1 Å². The summed E-state index contributed by atoms with van der Waals surface area (Å²) in [6, 6.07) is 6.69. The number of halogens is 1. The Hall–Kier alpha value is -1.42. The second-order valence-corrected chi connectivity index (χ2v) is 6.96. The fourth-order valence-corrected chi connectivity index (χ4v) is 3.87. The zero-order chi connectivity index (χ0) is 15.7. The van der Waals surface area contributed by atoms with Gasteiger partial charge in [0, 0.05) is 19.1 Å². The molecule has 1 amide bonds. The average molecular weight is 304 g/mol. The number of hydrogen-bond donors (Lipinski definition) is 1. The molecular weight excluding hydrogens is 279 g/mol. The highest BCUT2D eigenvalue weighted by molar-refractivity contribution is 5.89. The Morgan fingerprint density at radius 3 is 2.77 bits per heavy atom. The normalized spacial score (nSPS) is 25.4. The van der Waals surface area contributed by atoms with Crippen LogP contribution < -0.4 is 5.73 Å². The van der Waals surface area contributed by atoms with Gasteiger partial charge >= 0.3 is 0 Å². The molecule has 1 aliphatic carbocycles. The van der Waals surface area contributed by atoms with Gasteiger partial charge in [-0.3, -0.25) is 4.79 Å². The van der Waals surface area contributed by atoms with Crippen LogP contribution in [-0.4, -0.2) is 29.9 Å². The van der Waals surface area contributed by atoms with Crippen LogP contribution in [0, 0.1) is 11.7 Å². The van der Waals surface area contributed by atoms with Gasteiger partial charge in [-0.25, -0.2) is 4.39 Å². The van der Waals surface area contributed by atoms with E-state index < -0.39 is 5.41 Å². The van der Waals surface area contributed by atoms with Gasteiger partial charge in [0.2, 0.25) is 5.91 Å². The van der Waals surface area contributed by atoms with E-state index in [1.165, 1.54) is 12.1 Å². The van der Waals surface area contributed by atoms with Crippen LogP contribution >= 0.6 is 0 Å². The summed E-state index contributed by atoms with van der Waals surface area (Å²) in [4.78, 5) is 15.1.